The highest BCUT2D eigenvalue weighted by atomic mass is 32.1. The minimum atomic E-state index is -0.457. The topological polar surface area (TPSA) is 75.6 Å². The van der Waals surface area contributed by atoms with Crippen LogP contribution in [0.3, 0.4) is 0 Å². The third kappa shape index (κ3) is 3.38. The van der Waals surface area contributed by atoms with Crippen molar-refractivity contribution in [2.45, 2.75) is 19.5 Å². The molecule has 0 bridgehead atoms. The Labute approximate surface area is 144 Å². The van der Waals surface area contributed by atoms with Crippen molar-refractivity contribution in [1.29, 1.82) is 0 Å². The van der Waals surface area contributed by atoms with E-state index in [2.05, 4.69) is 9.59 Å². The van der Waals surface area contributed by atoms with Crippen molar-refractivity contribution >= 4 is 23.5 Å². The van der Waals surface area contributed by atoms with Crippen LogP contribution in [0.5, 0.6) is 0 Å². The summed E-state index contributed by atoms with van der Waals surface area (Å²) in [5.74, 6) is -0.150. The predicted molar refractivity (Wildman–Crippen MR) is 88.4 cm³/mol. The molecule has 2 heterocycles. The molecule has 0 spiro atoms. The van der Waals surface area contributed by atoms with Gasteiger partial charge in [0.15, 0.2) is 0 Å². The number of aryl methyl sites for hydroxylation is 1. The number of carbonyl (C=O) groups excluding carboxylic acids is 2. The largest absolute Gasteiger partial charge is 0.447 e. The zero-order valence-corrected chi connectivity index (χ0v) is 14.3. The van der Waals surface area contributed by atoms with E-state index >= 15 is 0 Å². The molecule has 1 atom stereocenters. The molecule has 1 fully saturated rings. The zero-order valence-electron chi connectivity index (χ0n) is 13.5. The van der Waals surface area contributed by atoms with E-state index in [-0.39, 0.29) is 25.1 Å². The molecular weight excluding hydrogens is 328 g/mol. The van der Waals surface area contributed by atoms with E-state index in [9.17, 15) is 9.59 Å². The van der Waals surface area contributed by atoms with Gasteiger partial charge >= 0.3 is 6.09 Å². The summed E-state index contributed by atoms with van der Waals surface area (Å²) in [4.78, 5) is 28.5. The number of benzene rings is 1. The highest BCUT2D eigenvalue weighted by Gasteiger charge is 2.35. The third-order valence-electron chi connectivity index (χ3n) is 4.02. The fourth-order valence-corrected chi connectivity index (χ4v) is 3.23. The number of amides is 2. The molecule has 2 amide bonds. The molecule has 1 aliphatic heterocycles. The van der Waals surface area contributed by atoms with Crippen LogP contribution in [0.15, 0.2) is 30.3 Å². The summed E-state index contributed by atoms with van der Waals surface area (Å²) in [6.45, 7) is 2.54. The number of nitrogens with zero attached hydrogens (tertiary/aromatic N) is 4. The van der Waals surface area contributed by atoms with E-state index in [4.69, 9.17) is 4.74 Å². The minimum absolute atomic E-state index is 0.0137. The second-order valence-electron chi connectivity index (χ2n) is 5.66. The molecule has 0 N–H and O–H groups in total. The fraction of sp³-hybridized carbons (Fsp3) is 0.375. The Morgan fingerprint density at radius 2 is 2.17 bits per heavy atom. The summed E-state index contributed by atoms with van der Waals surface area (Å²) in [5.41, 5.74) is 1.78. The normalized spacial score (nSPS) is 17.0. The molecule has 1 aromatic heterocycles. The molecule has 2 aromatic rings. The van der Waals surface area contributed by atoms with Crippen LogP contribution >= 0.6 is 11.5 Å². The maximum absolute atomic E-state index is 12.5. The smallest absolute Gasteiger partial charge is 0.410 e. The first-order valence-corrected chi connectivity index (χ1v) is 8.33. The second kappa shape index (κ2) is 6.96. The van der Waals surface area contributed by atoms with Gasteiger partial charge in [-0.3, -0.25) is 9.69 Å². The summed E-state index contributed by atoms with van der Waals surface area (Å²) in [5, 5.41) is 3.94. The zero-order chi connectivity index (χ0) is 17.1. The molecule has 8 heteroatoms. The van der Waals surface area contributed by atoms with Gasteiger partial charge < -0.3 is 9.64 Å². The Hall–Kier alpha value is -2.48. The maximum Gasteiger partial charge on any atom is 0.410 e. The molecule has 126 valence electrons. The van der Waals surface area contributed by atoms with Crippen molar-refractivity contribution in [2.24, 2.45) is 0 Å². The van der Waals surface area contributed by atoms with E-state index in [1.807, 2.05) is 37.3 Å². The van der Waals surface area contributed by atoms with Gasteiger partial charge in [0.2, 0.25) is 5.91 Å². The Morgan fingerprint density at radius 3 is 2.83 bits per heavy atom. The average Bonchev–Trinajstić information content (AvgIpc) is 3.15. The van der Waals surface area contributed by atoms with Gasteiger partial charge in [-0.15, -0.1) is 5.10 Å². The first kappa shape index (κ1) is 16.4. The minimum Gasteiger partial charge on any atom is -0.447 e. The van der Waals surface area contributed by atoms with Crippen LogP contribution in [-0.2, 0) is 16.1 Å². The lowest BCUT2D eigenvalue weighted by molar-refractivity contribution is -0.131. The standard InChI is InChI=1S/C16H18N4O3S/c1-11-14(24-18-17-11)8-19(2)15(21)9-20-13(10-23-16(20)22)12-6-4-3-5-7-12/h3-7,13H,8-10H2,1-2H3. The van der Waals surface area contributed by atoms with Gasteiger partial charge in [-0.25, -0.2) is 4.79 Å². The summed E-state index contributed by atoms with van der Waals surface area (Å²) >= 11 is 1.28. The van der Waals surface area contributed by atoms with E-state index in [0.29, 0.717) is 6.54 Å². The monoisotopic (exact) mass is 346 g/mol. The molecule has 3 rings (SSSR count). The molecule has 0 saturated carbocycles. The van der Waals surface area contributed by atoms with Gasteiger partial charge in [0.25, 0.3) is 0 Å². The van der Waals surface area contributed by atoms with Crippen LogP contribution in [0, 0.1) is 6.92 Å². The lowest BCUT2D eigenvalue weighted by atomic mass is 10.1. The predicted octanol–water partition coefficient (Wildman–Crippen LogP) is 2.00. The van der Waals surface area contributed by atoms with Gasteiger partial charge in [0, 0.05) is 7.05 Å². The van der Waals surface area contributed by atoms with E-state index in [0.717, 1.165) is 16.1 Å². The molecular formula is C16H18N4O3S. The van der Waals surface area contributed by atoms with Crippen molar-refractivity contribution < 1.29 is 14.3 Å². The average molecular weight is 346 g/mol. The highest BCUT2D eigenvalue weighted by molar-refractivity contribution is 7.05. The number of aromatic nitrogens is 2. The molecule has 1 aliphatic rings. The number of likely N-dealkylation sites (N-methyl/N-ethyl adjacent to an activating group) is 1. The summed E-state index contributed by atoms with van der Waals surface area (Å²) in [7, 11) is 1.71. The maximum atomic E-state index is 12.5. The quantitative estimate of drug-likeness (QED) is 0.828. The SMILES string of the molecule is Cc1nnsc1CN(C)C(=O)CN1C(=O)OCC1c1ccccc1. The number of hydrogen-bond donors (Lipinski definition) is 0. The van der Waals surface area contributed by atoms with Crippen LogP contribution in [0.4, 0.5) is 4.79 Å². The van der Waals surface area contributed by atoms with Crippen molar-refractivity contribution in [2.75, 3.05) is 20.2 Å². The van der Waals surface area contributed by atoms with Crippen LogP contribution in [-0.4, -0.2) is 51.6 Å². The Morgan fingerprint density at radius 1 is 1.42 bits per heavy atom. The fourth-order valence-electron chi connectivity index (χ4n) is 2.54. The Balaban J connectivity index is 1.67. The first-order chi connectivity index (χ1) is 11.6. The van der Waals surface area contributed by atoms with Crippen molar-refractivity contribution in [1.82, 2.24) is 19.4 Å². The number of ether oxygens (including phenoxy) is 1. The second-order valence-corrected chi connectivity index (χ2v) is 6.50. The summed E-state index contributed by atoms with van der Waals surface area (Å²) in [6.07, 6.45) is -0.457. The molecule has 0 aliphatic carbocycles. The molecule has 1 aromatic carbocycles. The van der Waals surface area contributed by atoms with Gasteiger partial charge in [0.1, 0.15) is 13.2 Å². The van der Waals surface area contributed by atoms with Crippen molar-refractivity contribution in [3.05, 3.63) is 46.5 Å². The third-order valence-corrected chi connectivity index (χ3v) is 4.83. The van der Waals surface area contributed by atoms with Gasteiger partial charge in [-0.1, -0.05) is 34.8 Å². The highest BCUT2D eigenvalue weighted by Crippen LogP contribution is 2.27. The lowest BCUT2D eigenvalue weighted by Gasteiger charge is -2.24. The van der Waals surface area contributed by atoms with Crippen LogP contribution in [0.25, 0.3) is 0 Å². The first-order valence-electron chi connectivity index (χ1n) is 7.56. The van der Waals surface area contributed by atoms with Gasteiger partial charge in [0.05, 0.1) is 23.2 Å². The number of cyclic esters (lactones) is 1. The van der Waals surface area contributed by atoms with Crippen molar-refractivity contribution in [3.8, 4) is 0 Å². The number of carbonyl (C=O) groups is 2. The van der Waals surface area contributed by atoms with Gasteiger partial charge in [-0.2, -0.15) is 0 Å². The Bertz CT molecular complexity index is 734. The van der Waals surface area contributed by atoms with Gasteiger partial charge in [-0.05, 0) is 24.0 Å². The van der Waals surface area contributed by atoms with E-state index in [1.54, 1.807) is 11.9 Å². The summed E-state index contributed by atoms with van der Waals surface area (Å²) < 4.78 is 9.01. The van der Waals surface area contributed by atoms with Crippen LogP contribution in [0.2, 0.25) is 0 Å². The van der Waals surface area contributed by atoms with E-state index < -0.39 is 6.09 Å². The molecule has 7 nitrogen and oxygen atoms in total. The number of hydrogen-bond acceptors (Lipinski definition) is 6. The molecule has 1 saturated heterocycles. The lowest BCUT2D eigenvalue weighted by Crippen LogP contribution is -2.39. The molecule has 0 radical (unpaired) electrons. The molecule has 24 heavy (non-hydrogen) atoms. The number of rotatable bonds is 5. The van der Waals surface area contributed by atoms with E-state index in [1.165, 1.54) is 16.4 Å². The van der Waals surface area contributed by atoms with Crippen LogP contribution in [0.1, 0.15) is 22.2 Å². The Kier molecular flexibility index (Phi) is 4.75. The molecule has 1 unspecified atom stereocenters. The van der Waals surface area contributed by atoms with Crippen LogP contribution < -0.4 is 0 Å². The van der Waals surface area contributed by atoms with Crippen molar-refractivity contribution in [3.63, 3.8) is 0 Å². The summed E-state index contributed by atoms with van der Waals surface area (Å²) in [6, 6.07) is 9.35.